The van der Waals surface area contributed by atoms with Crippen molar-refractivity contribution in [3.63, 3.8) is 0 Å². The van der Waals surface area contributed by atoms with E-state index >= 15 is 0 Å². The summed E-state index contributed by atoms with van der Waals surface area (Å²) < 4.78 is 0. The van der Waals surface area contributed by atoms with Crippen LogP contribution in [0.15, 0.2) is 41.5 Å². The summed E-state index contributed by atoms with van der Waals surface area (Å²) in [4.78, 5) is 14.3. The van der Waals surface area contributed by atoms with E-state index in [1.165, 1.54) is 19.3 Å². The molecule has 2 aromatic rings. The molecule has 2 rings (SSSR count). The summed E-state index contributed by atoms with van der Waals surface area (Å²) >= 11 is 0. The van der Waals surface area contributed by atoms with Gasteiger partial charge < -0.3 is 15.2 Å². The molecule has 0 bridgehead atoms. The lowest BCUT2D eigenvalue weighted by Gasteiger charge is -2.21. The van der Waals surface area contributed by atoms with E-state index < -0.39 is 0 Å². The van der Waals surface area contributed by atoms with Gasteiger partial charge in [-0.05, 0) is 12.0 Å². The molecule has 2 N–H and O–H groups in total. The van der Waals surface area contributed by atoms with Crippen LogP contribution in [0.4, 0.5) is 0 Å². The SMILES string of the molecule is CCCCCNC(=NC)N(C)Cc1ncc(-c2ccccc2)[nH]1.I. The van der Waals surface area contributed by atoms with Gasteiger partial charge in [-0.15, -0.1) is 24.0 Å². The molecule has 0 fully saturated rings. The summed E-state index contributed by atoms with van der Waals surface area (Å²) in [7, 11) is 3.84. The lowest BCUT2D eigenvalue weighted by molar-refractivity contribution is 0.462. The molecule has 1 aromatic heterocycles. The molecule has 0 aliphatic heterocycles. The fourth-order valence-electron chi connectivity index (χ4n) is 2.47. The van der Waals surface area contributed by atoms with Crippen molar-refractivity contribution in [2.75, 3.05) is 20.6 Å². The van der Waals surface area contributed by atoms with Crippen molar-refractivity contribution in [1.82, 2.24) is 20.2 Å². The highest BCUT2D eigenvalue weighted by molar-refractivity contribution is 14.0. The van der Waals surface area contributed by atoms with Gasteiger partial charge in [-0.25, -0.2) is 4.98 Å². The van der Waals surface area contributed by atoms with E-state index in [9.17, 15) is 0 Å². The number of nitrogens with zero attached hydrogens (tertiary/aromatic N) is 3. The van der Waals surface area contributed by atoms with Crippen LogP contribution in [0.25, 0.3) is 11.3 Å². The van der Waals surface area contributed by atoms with Crippen molar-refractivity contribution in [3.8, 4) is 11.3 Å². The van der Waals surface area contributed by atoms with E-state index in [-0.39, 0.29) is 24.0 Å². The number of halogens is 1. The largest absolute Gasteiger partial charge is 0.356 e. The Morgan fingerprint density at radius 2 is 2.00 bits per heavy atom. The number of unbranched alkanes of at least 4 members (excludes halogenated alkanes) is 2. The van der Waals surface area contributed by atoms with Crippen molar-refractivity contribution in [1.29, 1.82) is 0 Å². The Morgan fingerprint density at radius 3 is 2.67 bits per heavy atom. The Bertz CT molecular complexity index is 609. The molecule has 0 radical (unpaired) electrons. The molecule has 132 valence electrons. The lowest BCUT2D eigenvalue weighted by Crippen LogP contribution is -2.39. The van der Waals surface area contributed by atoms with Crippen molar-refractivity contribution in [2.24, 2.45) is 4.99 Å². The fourth-order valence-corrected chi connectivity index (χ4v) is 2.47. The third kappa shape index (κ3) is 6.14. The van der Waals surface area contributed by atoms with Gasteiger partial charge in [0.15, 0.2) is 5.96 Å². The van der Waals surface area contributed by atoms with Crippen LogP contribution in [0.3, 0.4) is 0 Å². The number of benzene rings is 1. The van der Waals surface area contributed by atoms with Gasteiger partial charge in [-0.2, -0.15) is 0 Å². The number of guanidine groups is 1. The van der Waals surface area contributed by atoms with Gasteiger partial charge in [0, 0.05) is 20.6 Å². The highest BCUT2D eigenvalue weighted by atomic mass is 127. The zero-order valence-corrected chi connectivity index (χ0v) is 17.1. The maximum Gasteiger partial charge on any atom is 0.193 e. The zero-order chi connectivity index (χ0) is 16.5. The molecule has 0 aliphatic carbocycles. The third-order valence-electron chi connectivity index (χ3n) is 3.74. The number of aromatic amines is 1. The minimum absolute atomic E-state index is 0. The summed E-state index contributed by atoms with van der Waals surface area (Å²) in [5.41, 5.74) is 2.19. The van der Waals surface area contributed by atoms with E-state index in [1.54, 1.807) is 0 Å². The minimum atomic E-state index is 0. The number of rotatable bonds is 7. The zero-order valence-electron chi connectivity index (χ0n) is 14.7. The molecule has 0 spiro atoms. The molecular formula is C18H28IN5. The first kappa shape index (κ1) is 20.5. The Hall–Kier alpha value is -1.57. The molecule has 0 saturated carbocycles. The lowest BCUT2D eigenvalue weighted by atomic mass is 10.2. The fraction of sp³-hybridized carbons (Fsp3) is 0.444. The number of aromatic nitrogens is 2. The summed E-state index contributed by atoms with van der Waals surface area (Å²) in [6, 6.07) is 10.2. The van der Waals surface area contributed by atoms with Crippen LogP contribution in [-0.4, -0.2) is 41.5 Å². The Labute approximate surface area is 162 Å². The van der Waals surface area contributed by atoms with E-state index in [0.717, 1.165) is 29.6 Å². The van der Waals surface area contributed by atoms with Gasteiger partial charge >= 0.3 is 0 Å². The topological polar surface area (TPSA) is 56.3 Å². The number of nitrogens with one attached hydrogen (secondary N) is 2. The molecule has 1 aromatic carbocycles. The van der Waals surface area contributed by atoms with Crippen LogP contribution in [0.5, 0.6) is 0 Å². The predicted octanol–water partition coefficient (Wildman–Crippen LogP) is 3.89. The van der Waals surface area contributed by atoms with Crippen molar-refractivity contribution >= 4 is 29.9 Å². The molecule has 0 amide bonds. The van der Waals surface area contributed by atoms with Crippen LogP contribution in [0, 0.1) is 0 Å². The van der Waals surface area contributed by atoms with E-state index in [4.69, 9.17) is 0 Å². The number of imidazole rings is 1. The molecule has 1 heterocycles. The van der Waals surface area contributed by atoms with Crippen LogP contribution >= 0.6 is 24.0 Å². The predicted molar refractivity (Wildman–Crippen MR) is 112 cm³/mol. The monoisotopic (exact) mass is 441 g/mol. The highest BCUT2D eigenvalue weighted by Crippen LogP contribution is 2.16. The van der Waals surface area contributed by atoms with Gasteiger partial charge in [0.05, 0.1) is 18.4 Å². The molecule has 0 unspecified atom stereocenters. The van der Waals surface area contributed by atoms with E-state index in [2.05, 4.69) is 44.2 Å². The summed E-state index contributed by atoms with van der Waals surface area (Å²) in [5, 5.41) is 3.40. The number of H-pyrrole nitrogens is 1. The number of hydrogen-bond donors (Lipinski definition) is 2. The Balaban J connectivity index is 0.00000288. The van der Waals surface area contributed by atoms with Crippen molar-refractivity contribution < 1.29 is 0 Å². The summed E-state index contributed by atoms with van der Waals surface area (Å²) in [5.74, 6) is 1.83. The van der Waals surface area contributed by atoms with Gasteiger partial charge in [-0.3, -0.25) is 4.99 Å². The molecule has 0 saturated heterocycles. The summed E-state index contributed by atoms with van der Waals surface area (Å²) in [6.07, 6.45) is 5.52. The molecule has 6 heteroatoms. The van der Waals surface area contributed by atoms with Gasteiger partial charge in [0.2, 0.25) is 0 Å². The van der Waals surface area contributed by atoms with Crippen LogP contribution < -0.4 is 5.32 Å². The standard InChI is InChI=1S/C18H27N5.HI/c1-4-5-9-12-20-18(19-2)23(3)14-17-21-13-16(22-17)15-10-7-6-8-11-15;/h6-8,10-11,13H,4-5,9,12,14H2,1-3H3,(H,19,20)(H,21,22);1H. The third-order valence-corrected chi connectivity index (χ3v) is 3.74. The number of hydrogen-bond acceptors (Lipinski definition) is 2. The molecule has 0 atom stereocenters. The van der Waals surface area contributed by atoms with Crippen LogP contribution in [0.2, 0.25) is 0 Å². The van der Waals surface area contributed by atoms with Crippen LogP contribution in [0.1, 0.15) is 32.0 Å². The minimum Gasteiger partial charge on any atom is -0.356 e. The normalized spacial score (nSPS) is 11.0. The van der Waals surface area contributed by atoms with Crippen LogP contribution in [-0.2, 0) is 6.54 Å². The van der Waals surface area contributed by atoms with E-state index in [0.29, 0.717) is 6.54 Å². The average Bonchev–Trinajstić information content (AvgIpc) is 3.04. The van der Waals surface area contributed by atoms with Crippen molar-refractivity contribution in [2.45, 2.75) is 32.7 Å². The number of aliphatic imine (C=N–C) groups is 1. The second-order valence-electron chi connectivity index (χ2n) is 5.65. The van der Waals surface area contributed by atoms with E-state index in [1.807, 2.05) is 38.5 Å². The van der Waals surface area contributed by atoms with Gasteiger partial charge in [0.1, 0.15) is 5.82 Å². The van der Waals surface area contributed by atoms with Gasteiger partial charge in [0.25, 0.3) is 0 Å². The average molecular weight is 441 g/mol. The smallest absolute Gasteiger partial charge is 0.193 e. The van der Waals surface area contributed by atoms with Crippen molar-refractivity contribution in [3.05, 3.63) is 42.4 Å². The second-order valence-corrected chi connectivity index (χ2v) is 5.65. The molecular weight excluding hydrogens is 413 g/mol. The molecule has 24 heavy (non-hydrogen) atoms. The first-order valence-corrected chi connectivity index (χ1v) is 8.25. The molecule has 0 aliphatic rings. The first-order valence-electron chi connectivity index (χ1n) is 8.25. The quantitative estimate of drug-likeness (QED) is 0.297. The Morgan fingerprint density at radius 1 is 1.25 bits per heavy atom. The first-order chi connectivity index (χ1) is 11.2. The van der Waals surface area contributed by atoms with Gasteiger partial charge in [-0.1, -0.05) is 50.1 Å². The second kappa shape index (κ2) is 11.1. The highest BCUT2D eigenvalue weighted by Gasteiger charge is 2.09. The summed E-state index contributed by atoms with van der Waals surface area (Å²) in [6.45, 7) is 3.86. The maximum atomic E-state index is 4.48. The molecule has 5 nitrogen and oxygen atoms in total. The maximum absolute atomic E-state index is 4.48. The Kier molecular flexibility index (Phi) is 9.44.